The van der Waals surface area contributed by atoms with E-state index in [0.29, 0.717) is 5.41 Å². The topological polar surface area (TPSA) is 0 Å². The molecule has 0 spiro atoms. The van der Waals surface area contributed by atoms with Gasteiger partial charge in [-0.15, -0.1) is 0 Å². The van der Waals surface area contributed by atoms with Gasteiger partial charge in [0.2, 0.25) is 0 Å². The Morgan fingerprint density at radius 1 is 0.862 bits per heavy atom. The van der Waals surface area contributed by atoms with E-state index in [-0.39, 0.29) is 0 Å². The first kappa shape index (κ1) is 32.9. The van der Waals surface area contributed by atoms with E-state index in [9.17, 15) is 0 Å². The molecule has 29 heavy (non-hydrogen) atoms. The lowest BCUT2D eigenvalue weighted by molar-refractivity contribution is 0.190. The number of unbranched alkanes of at least 4 members (excludes halogenated alkanes) is 1. The van der Waals surface area contributed by atoms with Crippen LogP contribution in [0.1, 0.15) is 138 Å². The van der Waals surface area contributed by atoms with Crippen LogP contribution in [0.25, 0.3) is 0 Å². The molecule has 0 aromatic heterocycles. The van der Waals surface area contributed by atoms with Gasteiger partial charge in [-0.3, -0.25) is 0 Å². The molecule has 1 aliphatic rings. The molecule has 0 radical (unpaired) electrons. The third-order valence-corrected chi connectivity index (χ3v) is 5.49. The van der Waals surface area contributed by atoms with Crippen molar-refractivity contribution in [1.82, 2.24) is 0 Å². The van der Waals surface area contributed by atoms with Crippen LogP contribution in [0.15, 0.2) is 18.2 Å². The summed E-state index contributed by atoms with van der Waals surface area (Å²) in [5.74, 6) is 0. The van der Waals surface area contributed by atoms with Gasteiger partial charge < -0.3 is 0 Å². The predicted octanol–water partition coefficient (Wildman–Crippen LogP) is 10.7. The fourth-order valence-corrected chi connectivity index (χ4v) is 3.21. The van der Waals surface area contributed by atoms with Crippen LogP contribution in [0.3, 0.4) is 0 Å². The number of rotatable bonds is 6. The van der Waals surface area contributed by atoms with Crippen molar-refractivity contribution < 1.29 is 0 Å². The van der Waals surface area contributed by atoms with Crippen molar-refractivity contribution in [3.05, 3.63) is 34.9 Å². The summed E-state index contributed by atoms with van der Waals surface area (Å²) in [6, 6.07) is 6.82. The van der Waals surface area contributed by atoms with Crippen LogP contribution < -0.4 is 0 Å². The Labute approximate surface area is 187 Å². The molecule has 0 heteroatoms. The quantitative estimate of drug-likeness (QED) is 0.440. The van der Waals surface area contributed by atoms with Gasteiger partial charge in [0.25, 0.3) is 0 Å². The minimum absolute atomic E-state index is 0.492. The molecule has 174 valence electrons. The van der Waals surface area contributed by atoms with Gasteiger partial charge in [0.05, 0.1) is 0 Å². The van der Waals surface area contributed by atoms with Gasteiger partial charge in [-0.05, 0) is 67.9 Å². The molecule has 0 bridgehead atoms. The molecule has 0 aliphatic heterocycles. The highest BCUT2D eigenvalue weighted by atomic mass is 14.3. The maximum atomic E-state index is 2.41. The molecule has 0 saturated heterocycles. The average Bonchev–Trinajstić information content (AvgIpc) is 2.71. The summed E-state index contributed by atoms with van der Waals surface area (Å²) in [5, 5.41) is 0. The van der Waals surface area contributed by atoms with Gasteiger partial charge >= 0.3 is 0 Å². The van der Waals surface area contributed by atoms with Crippen molar-refractivity contribution >= 4 is 0 Å². The Kier molecular flexibility index (Phi) is 21.8. The molecule has 0 N–H and O–H groups in total. The van der Waals surface area contributed by atoms with Crippen molar-refractivity contribution in [2.24, 2.45) is 10.8 Å². The Morgan fingerprint density at radius 3 is 1.72 bits per heavy atom. The Balaban J connectivity index is -0.000000465. The lowest BCUT2D eigenvalue weighted by Crippen LogP contribution is -2.20. The molecule has 0 atom stereocenters. The standard InChI is InChI=1S/C17H28.C6H12.3C2H6/c1-6-7-11-17(4,5)12-10-16-13-14(2)8-9-15(16)3;1-6(2)4-3-5-6;3*1-2/h8-9,13H,6-7,10-12H2,1-5H3;3-5H2,1-2H3;3*1-2H3. The van der Waals surface area contributed by atoms with Crippen LogP contribution >= 0.6 is 0 Å². The first-order valence-corrected chi connectivity index (χ1v) is 12.7. The maximum Gasteiger partial charge on any atom is -0.0271 e. The van der Waals surface area contributed by atoms with E-state index in [0.717, 1.165) is 5.41 Å². The molecule has 0 heterocycles. The van der Waals surface area contributed by atoms with Crippen LogP contribution in [0, 0.1) is 24.7 Å². The monoisotopic (exact) mass is 406 g/mol. The van der Waals surface area contributed by atoms with Crippen LogP contribution in [-0.2, 0) is 6.42 Å². The summed E-state index contributed by atoms with van der Waals surface area (Å²) < 4.78 is 0. The third-order valence-electron chi connectivity index (χ3n) is 5.49. The molecule has 1 saturated carbocycles. The minimum atomic E-state index is 0.492. The Bertz CT molecular complexity index is 459. The number of aryl methyl sites for hydroxylation is 3. The molecule has 1 fully saturated rings. The summed E-state index contributed by atoms with van der Waals surface area (Å²) in [4.78, 5) is 0. The van der Waals surface area contributed by atoms with Crippen molar-refractivity contribution in [1.29, 1.82) is 0 Å². The Morgan fingerprint density at radius 2 is 1.34 bits per heavy atom. The fraction of sp³-hybridized carbons (Fsp3) is 0.793. The second kappa shape index (κ2) is 19.2. The summed E-state index contributed by atoms with van der Waals surface area (Å²) in [7, 11) is 0. The zero-order chi connectivity index (χ0) is 23.5. The highest BCUT2D eigenvalue weighted by Crippen LogP contribution is 2.38. The van der Waals surface area contributed by atoms with Gasteiger partial charge in [0, 0.05) is 0 Å². The van der Waals surface area contributed by atoms with E-state index in [1.54, 1.807) is 0 Å². The number of hydrogen-bond donors (Lipinski definition) is 0. The van der Waals surface area contributed by atoms with Crippen LogP contribution in [0.2, 0.25) is 0 Å². The first-order valence-electron chi connectivity index (χ1n) is 12.7. The summed E-state index contributed by atoms with van der Waals surface area (Å²) in [6.07, 6.45) is 10.9. The fourth-order valence-electron chi connectivity index (χ4n) is 3.21. The number of benzene rings is 1. The second-order valence-electron chi connectivity index (χ2n) is 9.22. The molecule has 1 aromatic carbocycles. The van der Waals surface area contributed by atoms with E-state index in [1.807, 2.05) is 41.5 Å². The van der Waals surface area contributed by atoms with Crippen molar-refractivity contribution in [3.8, 4) is 0 Å². The zero-order valence-corrected chi connectivity index (χ0v) is 22.9. The zero-order valence-electron chi connectivity index (χ0n) is 22.9. The van der Waals surface area contributed by atoms with Gasteiger partial charge in [-0.1, -0.05) is 119 Å². The SMILES string of the molecule is CC.CC.CC.CC1(C)CCC1.CCCCC(C)(C)CCc1cc(C)ccc1C. The van der Waals surface area contributed by atoms with E-state index in [4.69, 9.17) is 0 Å². The first-order chi connectivity index (χ1) is 13.7. The second-order valence-corrected chi connectivity index (χ2v) is 9.22. The smallest absolute Gasteiger partial charge is 0.0271 e. The molecular weight excluding hydrogens is 348 g/mol. The van der Waals surface area contributed by atoms with E-state index >= 15 is 0 Å². The molecule has 1 aliphatic carbocycles. The molecule has 0 unspecified atom stereocenters. The van der Waals surface area contributed by atoms with Crippen LogP contribution in [-0.4, -0.2) is 0 Å². The highest BCUT2D eigenvalue weighted by molar-refractivity contribution is 5.30. The summed E-state index contributed by atoms with van der Waals surface area (Å²) in [6.45, 7) is 28.2. The molecule has 2 rings (SSSR count). The summed E-state index contributed by atoms with van der Waals surface area (Å²) in [5.41, 5.74) is 5.58. The lowest BCUT2D eigenvalue weighted by Gasteiger charge is -2.33. The number of hydrogen-bond acceptors (Lipinski definition) is 0. The molecular formula is C29H58. The van der Waals surface area contributed by atoms with E-state index < -0.39 is 0 Å². The Hall–Kier alpha value is -0.780. The van der Waals surface area contributed by atoms with Crippen LogP contribution in [0.5, 0.6) is 0 Å². The highest BCUT2D eigenvalue weighted by Gasteiger charge is 2.25. The van der Waals surface area contributed by atoms with Crippen molar-refractivity contribution in [2.75, 3.05) is 0 Å². The van der Waals surface area contributed by atoms with Gasteiger partial charge in [0.1, 0.15) is 0 Å². The minimum Gasteiger partial charge on any atom is -0.0683 e. The summed E-state index contributed by atoms with van der Waals surface area (Å²) >= 11 is 0. The normalized spacial score (nSPS) is 13.6. The van der Waals surface area contributed by atoms with E-state index in [1.165, 1.54) is 68.1 Å². The lowest BCUT2D eigenvalue weighted by atomic mass is 9.72. The van der Waals surface area contributed by atoms with Crippen molar-refractivity contribution in [2.45, 2.75) is 141 Å². The molecule has 0 amide bonds. The third kappa shape index (κ3) is 17.8. The van der Waals surface area contributed by atoms with Gasteiger partial charge in [-0.25, -0.2) is 0 Å². The predicted molar refractivity (Wildman–Crippen MR) is 139 cm³/mol. The van der Waals surface area contributed by atoms with Gasteiger partial charge in [0.15, 0.2) is 0 Å². The maximum absolute atomic E-state index is 2.41. The van der Waals surface area contributed by atoms with E-state index in [2.05, 4.69) is 66.7 Å². The average molecular weight is 407 g/mol. The molecule has 0 nitrogen and oxygen atoms in total. The largest absolute Gasteiger partial charge is 0.0683 e. The van der Waals surface area contributed by atoms with Gasteiger partial charge in [-0.2, -0.15) is 0 Å². The van der Waals surface area contributed by atoms with Crippen molar-refractivity contribution in [3.63, 3.8) is 0 Å². The molecule has 1 aromatic rings. The van der Waals surface area contributed by atoms with Crippen LogP contribution in [0.4, 0.5) is 0 Å².